The topological polar surface area (TPSA) is 33.1 Å². The highest BCUT2D eigenvalue weighted by molar-refractivity contribution is 5.33. The number of fused-ring (bicyclic) bond motifs is 1. The van der Waals surface area contributed by atoms with Crippen LogP contribution in [0, 0.1) is 6.92 Å². The summed E-state index contributed by atoms with van der Waals surface area (Å²) in [5.41, 5.74) is 4.55. The van der Waals surface area contributed by atoms with Gasteiger partial charge in [0.1, 0.15) is 0 Å². The van der Waals surface area contributed by atoms with Crippen molar-refractivity contribution in [3.63, 3.8) is 0 Å². The Morgan fingerprint density at radius 3 is 3.00 bits per heavy atom. The van der Waals surface area contributed by atoms with Crippen LogP contribution in [-0.4, -0.2) is 10.1 Å². The van der Waals surface area contributed by atoms with E-state index in [4.69, 9.17) is 0 Å². The third kappa shape index (κ3) is 1.93. The monoisotopic (exact) mass is 239 g/mol. The number of aryl methyl sites for hydroxylation is 2. The van der Waals surface area contributed by atoms with Crippen LogP contribution in [-0.2, 0) is 6.42 Å². The highest BCUT2D eigenvalue weighted by Gasteiger charge is 2.30. The minimum absolute atomic E-state index is 0.142. The first kappa shape index (κ1) is 11.4. The first-order valence-corrected chi connectivity index (χ1v) is 6.44. The van der Waals surface area contributed by atoms with E-state index < -0.39 is 6.10 Å². The summed E-state index contributed by atoms with van der Waals surface area (Å²) in [6.07, 6.45) is 3.39. The summed E-state index contributed by atoms with van der Waals surface area (Å²) in [5, 5.41) is 10.6. The largest absolute Gasteiger partial charge is 0.388 e. The van der Waals surface area contributed by atoms with Gasteiger partial charge in [0.15, 0.2) is 0 Å². The molecule has 1 N–H and O–H groups in total. The summed E-state index contributed by atoms with van der Waals surface area (Å²) in [6, 6.07) is 12.2. The maximum absolute atomic E-state index is 10.6. The van der Waals surface area contributed by atoms with Crippen molar-refractivity contribution in [2.75, 3.05) is 0 Å². The number of hydrogen-bond donors (Lipinski definition) is 1. The average Bonchev–Trinajstić information content (AvgIpc) is 2.82. The summed E-state index contributed by atoms with van der Waals surface area (Å²) in [7, 11) is 0. The second-order valence-corrected chi connectivity index (χ2v) is 5.05. The summed E-state index contributed by atoms with van der Waals surface area (Å²) in [5.74, 6) is 0.142. The lowest BCUT2D eigenvalue weighted by Crippen LogP contribution is -2.09. The van der Waals surface area contributed by atoms with Gasteiger partial charge in [-0.2, -0.15) is 0 Å². The standard InChI is InChI=1S/C16H17NO/c1-11-4-2-5-13(10-11)16(18)14-8-7-12-6-3-9-17-15(12)14/h2-6,9-10,14,16,18H,7-8H2,1H3. The van der Waals surface area contributed by atoms with Gasteiger partial charge in [0, 0.05) is 17.8 Å². The van der Waals surface area contributed by atoms with Gasteiger partial charge in [-0.05, 0) is 37.0 Å². The first-order valence-electron chi connectivity index (χ1n) is 6.44. The van der Waals surface area contributed by atoms with E-state index in [1.54, 1.807) is 0 Å². The molecule has 1 heterocycles. The molecule has 0 saturated carbocycles. The predicted octanol–water partition coefficient (Wildman–Crippen LogP) is 3.15. The first-order chi connectivity index (χ1) is 8.75. The number of pyridine rings is 1. The molecule has 0 spiro atoms. The van der Waals surface area contributed by atoms with E-state index in [-0.39, 0.29) is 5.92 Å². The molecule has 1 aromatic carbocycles. The van der Waals surface area contributed by atoms with E-state index in [2.05, 4.69) is 30.1 Å². The maximum atomic E-state index is 10.6. The van der Waals surface area contributed by atoms with Crippen LogP contribution in [0.25, 0.3) is 0 Å². The van der Waals surface area contributed by atoms with E-state index in [0.717, 1.165) is 24.1 Å². The molecule has 0 fully saturated rings. The molecule has 2 heteroatoms. The molecule has 2 aromatic rings. The summed E-state index contributed by atoms with van der Waals surface area (Å²) in [4.78, 5) is 4.45. The van der Waals surface area contributed by atoms with Crippen LogP contribution >= 0.6 is 0 Å². The molecule has 92 valence electrons. The quantitative estimate of drug-likeness (QED) is 0.873. The molecular formula is C16H17NO. The second kappa shape index (κ2) is 4.54. The van der Waals surface area contributed by atoms with Crippen molar-refractivity contribution < 1.29 is 5.11 Å². The zero-order valence-electron chi connectivity index (χ0n) is 10.5. The lowest BCUT2D eigenvalue weighted by Gasteiger charge is -2.19. The molecule has 1 aliphatic carbocycles. The smallest absolute Gasteiger partial charge is 0.0873 e. The molecule has 0 amide bonds. The molecule has 2 unspecified atom stereocenters. The van der Waals surface area contributed by atoms with Gasteiger partial charge in [-0.1, -0.05) is 35.9 Å². The minimum atomic E-state index is -0.443. The lowest BCUT2D eigenvalue weighted by atomic mass is 9.93. The Balaban J connectivity index is 1.93. The number of benzene rings is 1. The van der Waals surface area contributed by atoms with Crippen LogP contribution in [0.5, 0.6) is 0 Å². The Hall–Kier alpha value is -1.67. The van der Waals surface area contributed by atoms with Crippen LogP contribution in [0.2, 0.25) is 0 Å². The molecule has 1 aromatic heterocycles. The van der Waals surface area contributed by atoms with Gasteiger partial charge in [0.05, 0.1) is 6.10 Å². The van der Waals surface area contributed by atoms with Gasteiger partial charge in [-0.3, -0.25) is 4.98 Å². The van der Waals surface area contributed by atoms with Crippen molar-refractivity contribution in [2.45, 2.75) is 31.8 Å². The fraction of sp³-hybridized carbons (Fsp3) is 0.312. The Labute approximate surface area is 107 Å². The van der Waals surface area contributed by atoms with Gasteiger partial charge >= 0.3 is 0 Å². The highest BCUT2D eigenvalue weighted by atomic mass is 16.3. The number of aromatic nitrogens is 1. The Morgan fingerprint density at radius 1 is 1.28 bits per heavy atom. The number of aliphatic hydroxyl groups is 1. The molecule has 0 aliphatic heterocycles. The molecule has 18 heavy (non-hydrogen) atoms. The third-order valence-electron chi connectivity index (χ3n) is 3.77. The maximum Gasteiger partial charge on any atom is 0.0873 e. The van der Waals surface area contributed by atoms with Crippen LogP contribution in [0.4, 0.5) is 0 Å². The van der Waals surface area contributed by atoms with Crippen LogP contribution in [0.15, 0.2) is 42.6 Å². The van der Waals surface area contributed by atoms with Crippen LogP contribution in [0.1, 0.15) is 40.8 Å². The third-order valence-corrected chi connectivity index (χ3v) is 3.77. The van der Waals surface area contributed by atoms with E-state index >= 15 is 0 Å². The predicted molar refractivity (Wildman–Crippen MR) is 71.4 cm³/mol. The van der Waals surface area contributed by atoms with E-state index in [0.29, 0.717) is 0 Å². The Kier molecular flexibility index (Phi) is 2.88. The van der Waals surface area contributed by atoms with E-state index in [1.807, 2.05) is 24.4 Å². The molecule has 3 rings (SSSR count). The van der Waals surface area contributed by atoms with Gasteiger partial charge in [0.25, 0.3) is 0 Å². The summed E-state index contributed by atoms with van der Waals surface area (Å²) >= 11 is 0. The molecule has 0 radical (unpaired) electrons. The zero-order valence-corrected chi connectivity index (χ0v) is 10.5. The van der Waals surface area contributed by atoms with Crippen LogP contribution in [0.3, 0.4) is 0 Å². The second-order valence-electron chi connectivity index (χ2n) is 5.05. The fourth-order valence-corrected chi connectivity index (χ4v) is 2.84. The fourth-order valence-electron chi connectivity index (χ4n) is 2.84. The van der Waals surface area contributed by atoms with E-state index in [9.17, 15) is 5.11 Å². The van der Waals surface area contributed by atoms with Crippen LogP contribution < -0.4 is 0 Å². The normalized spacial score (nSPS) is 19.6. The van der Waals surface area contributed by atoms with Crippen molar-refractivity contribution in [3.8, 4) is 0 Å². The van der Waals surface area contributed by atoms with Crippen molar-refractivity contribution in [1.29, 1.82) is 0 Å². The van der Waals surface area contributed by atoms with Crippen molar-refractivity contribution in [1.82, 2.24) is 4.98 Å². The molecule has 1 aliphatic rings. The van der Waals surface area contributed by atoms with Gasteiger partial charge < -0.3 is 5.11 Å². The minimum Gasteiger partial charge on any atom is -0.388 e. The average molecular weight is 239 g/mol. The van der Waals surface area contributed by atoms with Crippen molar-refractivity contribution >= 4 is 0 Å². The van der Waals surface area contributed by atoms with Gasteiger partial charge in [0.2, 0.25) is 0 Å². The molecular weight excluding hydrogens is 222 g/mol. The zero-order chi connectivity index (χ0) is 12.5. The molecule has 2 nitrogen and oxygen atoms in total. The molecule has 0 saturated heterocycles. The Morgan fingerprint density at radius 2 is 2.17 bits per heavy atom. The van der Waals surface area contributed by atoms with Crippen molar-refractivity contribution in [3.05, 3.63) is 65.0 Å². The number of nitrogens with zero attached hydrogens (tertiary/aromatic N) is 1. The van der Waals surface area contributed by atoms with Crippen molar-refractivity contribution in [2.24, 2.45) is 0 Å². The lowest BCUT2D eigenvalue weighted by molar-refractivity contribution is 0.143. The Bertz CT molecular complexity index is 565. The van der Waals surface area contributed by atoms with E-state index in [1.165, 1.54) is 11.1 Å². The highest BCUT2D eigenvalue weighted by Crippen LogP contribution is 2.40. The molecule has 2 atom stereocenters. The summed E-state index contributed by atoms with van der Waals surface area (Å²) < 4.78 is 0. The molecule has 0 bridgehead atoms. The summed E-state index contributed by atoms with van der Waals surface area (Å²) in [6.45, 7) is 2.05. The number of hydrogen-bond acceptors (Lipinski definition) is 2. The SMILES string of the molecule is Cc1cccc(C(O)C2CCc3cccnc32)c1. The van der Waals surface area contributed by atoms with Gasteiger partial charge in [-0.25, -0.2) is 0 Å². The number of rotatable bonds is 2. The van der Waals surface area contributed by atoms with Gasteiger partial charge in [-0.15, -0.1) is 0 Å². The number of aliphatic hydroxyl groups excluding tert-OH is 1.